The molecule has 1 heterocycles. The maximum absolute atomic E-state index is 5.70. The van der Waals surface area contributed by atoms with Gasteiger partial charge in [0.2, 0.25) is 0 Å². The van der Waals surface area contributed by atoms with Crippen LogP contribution in [0.1, 0.15) is 33.1 Å². The molecule has 2 fully saturated rings. The summed E-state index contributed by atoms with van der Waals surface area (Å²) in [5, 5.41) is 0. The van der Waals surface area contributed by atoms with Gasteiger partial charge in [-0.15, -0.1) is 0 Å². The van der Waals surface area contributed by atoms with Crippen molar-refractivity contribution in [3.05, 3.63) is 0 Å². The van der Waals surface area contributed by atoms with Crippen molar-refractivity contribution in [3.8, 4) is 0 Å². The SMILES string of the molecule is CC(C)(C1CC1)N1CCC(CN)C1. The molecule has 13 heavy (non-hydrogen) atoms. The molecule has 2 heteroatoms. The van der Waals surface area contributed by atoms with Crippen LogP contribution in [-0.4, -0.2) is 30.1 Å². The monoisotopic (exact) mass is 182 g/mol. The molecule has 1 aliphatic heterocycles. The average Bonchev–Trinajstić information content (AvgIpc) is 2.84. The van der Waals surface area contributed by atoms with Crippen LogP contribution in [0.3, 0.4) is 0 Å². The average molecular weight is 182 g/mol. The zero-order chi connectivity index (χ0) is 9.47. The highest BCUT2D eigenvalue weighted by molar-refractivity contribution is 4.98. The van der Waals surface area contributed by atoms with E-state index >= 15 is 0 Å². The minimum absolute atomic E-state index is 0.448. The fourth-order valence-electron chi connectivity index (χ4n) is 2.60. The highest BCUT2D eigenvalue weighted by atomic mass is 15.2. The molecule has 1 saturated carbocycles. The van der Waals surface area contributed by atoms with E-state index in [0.29, 0.717) is 5.54 Å². The normalized spacial score (nSPS) is 31.2. The second kappa shape index (κ2) is 3.25. The Morgan fingerprint density at radius 2 is 2.00 bits per heavy atom. The molecule has 0 bridgehead atoms. The molecule has 0 aromatic rings. The van der Waals surface area contributed by atoms with E-state index in [2.05, 4.69) is 18.7 Å². The van der Waals surface area contributed by atoms with Crippen molar-refractivity contribution in [2.24, 2.45) is 17.6 Å². The zero-order valence-corrected chi connectivity index (χ0v) is 8.92. The number of nitrogens with two attached hydrogens (primary N) is 1. The molecule has 1 aliphatic carbocycles. The van der Waals surface area contributed by atoms with E-state index in [1.807, 2.05) is 0 Å². The standard InChI is InChI=1S/C11H22N2/c1-11(2,10-3-4-10)13-6-5-9(7-12)8-13/h9-10H,3-8,12H2,1-2H3. The largest absolute Gasteiger partial charge is 0.330 e. The van der Waals surface area contributed by atoms with Crippen molar-refractivity contribution in [1.29, 1.82) is 0 Å². The fourth-order valence-corrected chi connectivity index (χ4v) is 2.60. The quantitative estimate of drug-likeness (QED) is 0.716. The van der Waals surface area contributed by atoms with E-state index in [1.165, 1.54) is 32.4 Å². The molecule has 2 N–H and O–H groups in total. The molecular formula is C11H22N2. The molecule has 0 spiro atoms. The molecule has 1 saturated heterocycles. The summed E-state index contributed by atoms with van der Waals surface area (Å²) >= 11 is 0. The van der Waals surface area contributed by atoms with E-state index in [4.69, 9.17) is 5.73 Å². The molecular weight excluding hydrogens is 160 g/mol. The van der Waals surface area contributed by atoms with Crippen molar-refractivity contribution < 1.29 is 0 Å². The Kier molecular flexibility index (Phi) is 2.37. The molecule has 2 rings (SSSR count). The third-order valence-electron chi connectivity index (χ3n) is 4.01. The lowest BCUT2D eigenvalue weighted by Gasteiger charge is -2.36. The molecule has 2 nitrogen and oxygen atoms in total. The summed E-state index contributed by atoms with van der Waals surface area (Å²) in [5.74, 6) is 1.72. The van der Waals surface area contributed by atoms with Gasteiger partial charge in [0.15, 0.2) is 0 Å². The minimum atomic E-state index is 0.448. The smallest absolute Gasteiger partial charge is 0.0181 e. The first-order chi connectivity index (χ1) is 6.14. The Bertz CT molecular complexity index is 185. The number of likely N-dealkylation sites (tertiary alicyclic amines) is 1. The number of hydrogen-bond donors (Lipinski definition) is 1. The van der Waals surface area contributed by atoms with E-state index in [9.17, 15) is 0 Å². The van der Waals surface area contributed by atoms with E-state index < -0.39 is 0 Å². The van der Waals surface area contributed by atoms with Crippen LogP contribution in [0, 0.1) is 11.8 Å². The van der Waals surface area contributed by atoms with Crippen LogP contribution < -0.4 is 5.73 Å². The number of rotatable bonds is 3. The Morgan fingerprint density at radius 3 is 2.46 bits per heavy atom. The summed E-state index contributed by atoms with van der Waals surface area (Å²) < 4.78 is 0. The summed E-state index contributed by atoms with van der Waals surface area (Å²) in [6, 6.07) is 0. The van der Waals surface area contributed by atoms with Crippen LogP contribution in [-0.2, 0) is 0 Å². The summed E-state index contributed by atoms with van der Waals surface area (Å²) in [6.45, 7) is 8.19. The summed E-state index contributed by atoms with van der Waals surface area (Å²) in [5.41, 5.74) is 6.15. The maximum Gasteiger partial charge on any atom is 0.0181 e. The van der Waals surface area contributed by atoms with Crippen molar-refractivity contribution in [3.63, 3.8) is 0 Å². The number of nitrogens with zero attached hydrogens (tertiary/aromatic N) is 1. The van der Waals surface area contributed by atoms with Crippen LogP contribution in [0.4, 0.5) is 0 Å². The van der Waals surface area contributed by atoms with Gasteiger partial charge in [0, 0.05) is 12.1 Å². The van der Waals surface area contributed by atoms with Crippen molar-refractivity contribution in [1.82, 2.24) is 4.90 Å². The van der Waals surface area contributed by atoms with Gasteiger partial charge >= 0.3 is 0 Å². The Hall–Kier alpha value is -0.0800. The molecule has 1 atom stereocenters. The third-order valence-corrected chi connectivity index (χ3v) is 4.01. The van der Waals surface area contributed by atoms with Gasteiger partial charge in [-0.2, -0.15) is 0 Å². The van der Waals surface area contributed by atoms with Gasteiger partial charge in [0.05, 0.1) is 0 Å². The van der Waals surface area contributed by atoms with Crippen LogP contribution in [0.25, 0.3) is 0 Å². The lowest BCUT2D eigenvalue weighted by atomic mass is 9.96. The Morgan fingerprint density at radius 1 is 1.31 bits per heavy atom. The van der Waals surface area contributed by atoms with Crippen LogP contribution >= 0.6 is 0 Å². The zero-order valence-electron chi connectivity index (χ0n) is 8.92. The van der Waals surface area contributed by atoms with Gasteiger partial charge in [0.1, 0.15) is 0 Å². The van der Waals surface area contributed by atoms with E-state index in [0.717, 1.165) is 18.4 Å². The van der Waals surface area contributed by atoms with Crippen LogP contribution in [0.2, 0.25) is 0 Å². The topological polar surface area (TPSA) is 29.3 Å². The first-order valence-electron chi connectivity index (χ1n) is 5.59. The van der Waals surface area contributed by atoms with Crippen molar-refractivity contribution in [2.45, 2.75) is 38.6 Å². The molecule has 76 valence electrons. The number of hydrogen-bond acceptors (Lipinski definition) is 2. The highest BCUT2D eigenvalue weighted by Gasteiger charge is 2.43. The maximum atomic E-state index is 5.70. The second-order valence-corrected chi connectivity index (χ2v) is 5.26. The molecule has 0 radical (unpaired) electrons. The van der Waals surface area contributed by atoms with Gasteiger partial charge in [-0.25, -0.2) is 0 Å². The van der Waals surface area contributed by atoms with E-state index in [-0.39, 0.29) is 0 Å². The summed E-state index contributed by atoms with van der Waals surface area (Å²) in [7, 11) is 0. The third kappa shape index (κ3) is 1.75. The van der Waals surface area contributed by atoms with Gasteiger partial charge in [-0.1, -0.05) is 0 Å². The van der Waals surface area contributed by atoms with Gasteiger partial charge in [-0.05, 0) is 58.0 Å². The highest BCUT2D eigenvalue weighted by Crippen LogP contribution is 2.44. The van der Waals surface area contributed by atoms with E-state index in [1.54, 1.807) is 0 Å². The lowest BCUT2D eigenvalue weighted by molar-refractivity contribution is 0.125. The molecule has 0 amide bonds. The molecule has 0 aromatic carbocycles. The first-order valence-corrected chi connectivity index (χ1v) is 5.59. The van der Waals surface area contributed by atoms with Crippen LogP contribution in [0.5, 0.6) is 0 Å². The Labute approximate surface area is 81.5 Å². The summed E-state index contributed by atoms with van der Waals surface area (Å²) in [6.07, 6.45) is 4.19. The Balaban J connectivity index is 1.93. The minimum Gasteiger partial charge on any atom is -0.330 e. The van der Waals surface area contributed by atoms with Gasteiger partial charge in [-0.3, -0.25) is 4.90 Å². The molecule has 2 aliphatic rings. The predicted molar refractivity (Wildman–Crippen MR) is 55.5 cm³/mol. The van der Waals surface area contributed by atoms with Crippen LogP contribution in [0.15, 0.2) is 0 Å². The first kappa shape index (κ1) is 9.47. The fraction of sp³-hybridized carbons (Fsp3) is 1.00. The van der Waals surface area contributed by atoms with Gasteiger partial charge < -0.3 is 5.73 Å². The second-order valence-electron chi connectivity index (χ2n) is 5.26. The van der Waals surface area contributed by atoms with Crippen molar-refractivity contribution >= 4 is 0 Å². The summed E-state index contributed by atoms with van der Waals surface area (Å²) in [4.78, 5) is 2.65. The van der Waals surface area contributed by atoms with Gasteiger partial charge in [0.25, 0.3) is 0 Å². The molecule has 0 aromatic heterocycles. The molecule has 1 unspecified atom stereocenters. The predicted octanol–water partition coefficient (Wildman–Crippen LogP) is 1.46. The van der Waals surface area contributed by atoms with Crippen molar-refractivity contribution in [2.75, 3.05) is 19.6 Å². The lowest BCUT2D eigenvalue weighted by Crippen LogP contribution is -2.44.